The second-order valence-electron chi connectivity index (χ2n) is 9.06. The molecule has 4 rings (SSSR count). The lowest BCUT2D eigenvalue weighted by Gasteiger charge is -2.49. The number of piperidine rings is 1. The van der Waals surface area contributed by atoms with Crippen molar-refractivity contribution in [3.8, 4) is 5.75 Å². The Hall–Kier alpha value is -1.45. The van der Waals surface area contributed by atoms with Crippen molar-refractivity contribution in [2.24, 2.45) is 5.92 Å². The molecular weight excluding hydrogens is 386 g/mol. The molecule has 1 aliphatic carbocycles. The number of thioether (sulfide) groups is 1. The highest BCUT2D eigenvalue weighted by Crippen LogP contribution is 2.53. The highest BCUT2D eigenvalue weighted by Gasteiger charge is 2.50. The van der Waals surface area contributed by atoms with Crippen molar-refractivity contribution in [3.63, 3.8) is 0 Å². The number of nitrogens with zero attached hydrogens (tertiary/aromatic N) is 1. The van der Waals surface area contributed by atoms with E-state index in [0.29, 0.717) is 11.5 Å². The van der Waals surface area contributed by atoms with Crippen LogP contribution in [0.5, 0.6) is 5.75 Å². The summed E-state index contributed by atoms with van der Waals surface area (Å²) >= 11 is 2.01. The molecule has 162 valence electrons. The summed E-state index contributed by atoms with van der Waals surface area (Å²) in [6.45, 7) is 6.38. The van der Waals surface area contributed by atoms with Gasteiger partial charge in [-0.15, -0.1) is 11.8 Å². The van der Waals surface area contributed by atoms with E-state index in [1.165, 1.54) is 61.9 Å². The van der Waals surface area contributed by atoms with Gasteiger partial charge >= 0.3 is 0 Å². The smallest absolute Gasteiger partial charge is 0.119 e. The van der Waals surface area contributed by atoms with Gasteiger partial charge in [-0.3, -0.25) is 4.90 Å². The van der Waals surface area contributed by atoms with Crippen molar-refractivity contribution >= 4 is 11.8 Å². The summed E-state index contributed by atoms with van der Waals surface area (Å²) in [5.41, 5.74) is 1.88. The van der Waals surface area contributed by atoms with Gasteiger partial charge in [0.1, 0.15) is 5.75 Å². The van der Waals surface area contributed by atoms with E-state index in [9.17, 15) is 0 Å². The predicted molar refractivity (Wildman–Crippen MR) is 128 cm³/mol. The number of hydrogen-bond donors (Lipinski definition) is 0. The van der Waals surface area contributed by atoms with Gasteiger partial charge in [0.25, 0.3) is 0 Å². The first-order chi connectivity index (χ1) is 14.7. The van der Waals surface area contributed by atoms with Crippen LogP contribution in [0.15, 0.2) is 59.5 Å². The lowest BCUT2D eigenvalue weighted by molar-refractivity contribution is 0.0648. The maximum atomic E-state index is 5.87. The van der Waals surface area contributed by atoms with E-state index in [-0.39, 0.29) is 0 Å². The number of unbranched alkanes of at least 4 members (excludes halogenated alkanes) is 1. The number of rotatable bonds is 9. The molecule has 0 radical (unpaired) electrons. The third-order valence-corrected chi connectivity index (χ3v) is 8.35. The monoisotopic (exact) mass is 423 g/mol. The van der Waals surface area contributed by atoms with Crippen molar-refractivity contribution in [1.82, 2.24) is 4.90 Å². The summed E-state index contributed by atoms with van der Waals surface area (Å²) in [6.07, 6.45) is 9.32. The minimum atomic E-state index is 0.347. The molecule has 1 aliphatic heterocycles. The molecule has 1 saturated heterocycles. The average Bonchev–Trinajstić information content (AvgIpc) is 3.21. The molecule has 2 nitrogen and oxygen atoms in total. The van der Waals surface area contributed by atoms with Crippen LogP contribution >= 0.6 is 11.8 Å². The van der Waals surface area contributed by atoms with Gasteiger partial charge in [0.2, 0.25) is 0 Å². The number of hydrogen-bond acceptors (Lipinski definition) is 3. The standard InChI is InChI=1S/C27H37NOS/c1-3-5-13-24-19-27(22-11-9-14-25(18-22)29-4-2)17-10-12-23(27)20-28(24)21-30-26-15-7-6-8-16-26/h6-9,11,14-16,18,23-24H,3-5,10,12-13,17,19-21H2,1-2H3. The molecule has 2 aliphatic rings. The molecule has 2 aromatic rings. The average molecular weight is 424 g/mol. The maximum absolute atomic E-state index is 5.87. The second-order valence-corrected chi connectivity index (χ2v) is 10.1. The van der Waals surface area contributed by atoms with Crippen molar-refractivity contribution in [1.29, 1.82) is 0 Å². The Morgan fingerprint density at radius 2 is 1.97 bits per heavy atom. The summed E-state index contributed by atoms with van der Waals surface area (Å²) in [7, 11) is 0. The van der Waals surface area contributed by atoms with E-state index in [1.807, 2.05) is 11.8 Å². The Morgan fingerprint density at radius 3 is 2.77 bits per heavy atom. The van der Waals surface area contributed by atoms with Crippen molar-refractivity contribution in [2.45, 2.75) is 75.1 Å². The van der Waals surface area contributed by atoms with Crippen LogP contribution in [0.3, 0.4) is 0 Å². The number of likely N-dealkylation sites (tertiary alicyclic amines) is 1. The van der Waals surface area contributed by atoms with Crippen LogP contribution in [0, 0.1) is 5.92 Å². The molecule has 30 heavy (non-hydrogen) atoms. The van der Waals surface area contributed by atoms with Crippen LogP contribution < -0.4 is 4.74 Å². The Balaban J connectivity index is 1.55. The number of ether oxygens (including phenoxy) is 1. The van der Waals surface area contributed by atoms with Gasteiger partial charge in [-0.1, -0.05) is 56.5 Å². The summed E-state index contributed by atoms with van der Waals surface area (Å²) in [5.74, 6) is 2.93. The summed E-state index contributed by atoms with van der Waals surface area (Å²) < 4.78 is 5.87. The molecule has 3 unspecified atom stereocenters. The molecule has 3 atom stereocenters. The molecule has 0 spiro atoms. The molecule has 1 heterocycles. The van der Waals surface area contributed by atoms with Gasteiger partial charge in [0, 0.05) is 28.8 Å². The van der Waals surface area contributed by atoms with Crippen molar-refractivity contribution < 1.29 is 4.74 Å². The van der Waals surface area contributed by atoms with Crippen LogP contribution in [0.4, 0.5) is 0 Å². The van der Waals surface area contributed by atoms with Crippen LogP contribution in [-0.4, -0.2) is 30.0 Å². The molecule has 2 fully saturated rings. The molecule has 0 amide bonds. The molecule has 2 aromatic carbocycles. The van der Waals surface area contributed by atoms with Crippen molar-refractivity contribution in [2.75, 3.05) is 19.0 Å². The molecular formula is C27H37NOS. The van der Waals surface area contributed by atoms with E-state index in [0.717, 1.165) is 24.2 Å². The predicted octanol–water partition coefficient (Wildman–Crippen LogP) is 7.14. The highest BCUT2D eigenvalue weighted by atomic mass is 32.2. The first-order valence-corrected chi connectivity index (χ1v) is 12.9. The van der Waals surface area contributed by atoms with E-state index in [2.05, 4.69) is 73.3 Å². The molecule has 0 bridgehead atoms. The van der Waals surface area contributed by atoms with E-state index in [1.54, 1.807) is 0 Å². The van der Waals surface area contributed by atoms with Crippen LogP contribution in [0.25, 0.3) is 0 Å². The quantitative estimate of drug-likeness (QED) is 0.398. The minimum absolute atomic E-state index is 0.347. The van der Waals surface area contributed by atoms with Gasteiger partial charge < -0.3 is 4.74 Å². The van der Waals surface area contributed by atoms with Gasteiger partial charge in [0.15, 0.2) is 0 Å². The van der Waals surface area contributed by atoms with Crippen LogP contribution in [0.1, 0.15) is 64.4 Å². The van der Waals surface area contributed by atoms with Gasteiger partial charge in [-0.2, -0.15) is 0 Å². The lowest BCUT2D eigenvalue weighted by atomic mass is 9.65. The zero-order valence-corrected chi connectivity index (χ0v) is 19.5. The molecule has 3 heteroatoms. The fourth-order valence-electron chi connectivity index (χ4n) is 5.78. The highest BCUT2D eigenvalue weighted by molar-refractivity contribution is 7.99. The molecule has 0 N–H and O–H groups in total. The normalized spacial score (nSPS) is 26.5. The topological polar surface area (TPSA) is 12.5 Å². The van der Waals surface area contributed by atoms with E-state index in [4.69, 9.17) is 4.74 Å². The van der Waals surface area contributed by atoms with Gasteiger partial charge in [-0.25, -0.2) is 0 Å². The Bertz CT molecular complexity index is 794. The Labute approximate surface area is 187 Å². The zero-order valence-electron chi connectivity index (χ0n) is 18.7. The first-order valence-electron chi connectivity index (χ1n) is 11.9. The van der Waals surface area contributed by atoms with Crippen LogP contribution in [-0.2, 0) is 5.41 Å². The first kappa shape index (κ1) is 21.8. The zero-order chi connectivity index (χ0) is 20.8. The van der Waals surface area contributed by atoms with Gasteiger partial charge in [0.05, 0.1) is 6.61 Å². The number of fused-ring (bicyclic) bond motifs is 1. The summed E-state index contributed by atoms with van der Waals surface area (Å²) in [6, 6.07) is 20.7. The lowest BCUT2D eigenvalue weighted by Crippen LogP contribution is -2.52. The van der Waals surface area contributed by atoms with E-state index < -0.39 is 0 Å². The molecule has 0 aromatic heterocycles. The summed E-state index contributed by atoms with van der Waals surface area (Å²) in [4.78, 5) is 4.20. The van der Waals surface area contributed by atoms with Crippen LogP contribution in [0.2, 0.25) is 0 Å². The minimum Gasteiger partial charge on any atom is -0.494 e. The van der Waals surface area contributed by atoms with Gasteiger partial charge in [-0.05, 0) is 68.4 Å². The SMILES string of the molecule is CCCCC1CC2(c3cccc(OCC)c3)CCCC2CN1CSc1ccccc1. The third kappa shape index (κ3) is 4.73. The fraction of sp³-hybridized carbons (Fsp3) is 0.556. The maximum Gasteiger partial charge on any atom is 0.119 e. The third-order valence-electron chi connectivity index (χ3n) is 7.28. The molecule has 1 saturated carbocycles. The number of benzene rings is 2. The summed E-state index contributed by atoms with van der Waals surface area (Å²) in [5, 5.41) is 0. The van der Waals surface area contributed by atoms with Crippen molar-refractivity contribution in [3.05, 3.63) is 60.2 Å². The second kappa shape index (κ2) is 10.2. The largest absolute Gasteiger partial charge is 0.494 e. The van der Waals surface area contributed by atoms with E-state index >= 15 is 0 Å². The Kier molecular flexibility index (Phi) is 7.43. The Morgan fingerprint density at radius 1 is 1.10 bits per heavy atom. The fourth-order valence-corrected chi connectivity index (χ4v) is 6.76.